The highest BCUT2D eigenvalue weighted by molar-refractivity contribution is 6.42. The van der Waals surface area contributed by atoms with Gasteiger partial charge in [-0.15, -0.1) is 0 Å². The molecule has 1 aromatic carbocycles. The molecule has 1 unspecified atom stereocenters. The SMILES string of the molecule is CN1CCC(C(CN)c2cccc(Cl)c2Cl)CC1. The second-order valence-electron chi connectivity index (χ2n) is 5.13. The molecule has 100 valence electrons. The number of likely N-dealkylation sites (tertiary alicyclic amines) is 1. The summed E-state index contributed by atoms with van der Waals surface area (Å²) in [5.74, 6) is 0.937. The van der Waals surface area contributed by atoms with Crippen molar-refractivity contribution in [3.8, 4) is 0 Å². The summed E-state index contributed by atoms with van der Waals surface area (Å²) in [5.41, 5.74) is 7.09. The van der Waals surface area contributed by atoms with Crippen molar-refractivity contribution < 1.29 is 0 Å². The van der Waals surface area contributed by atoms with Gasteiger partial charge >= 0.3 is 0 Å². The Hall–Kier alpha value is -0.280. The lowest BCUT2D eigenvalue weighted by molar-refractivity contribution is 0.199. The molecule has 4 heteroatoms. The maximum Gasteiger partial charge on any atom is 0.0627 e. The Morgan fingerprint density at radius 1 is 1.33 bits per heavy atom. The lowest BCUT2D eigenvalue weighted by atomic mass is 9.80. The monoisotopic (exact) mass is 286 g/mol. The van der Waals surface area contributed by atoms with Gasteiger partial charge in [0, 0.05) is 5.92 Å². The Morgan fingerprint density at radius 2 is 2.00 bits per heavy atom. The highest BCUT2D eigenvalue weighted by Crippen LogP contribution is 2.37. The fraction of sp³-hybridized carbons (Fsp3) is 0.571. The maximum absolute atomic E-state index is 6.32. The summed E-state index contributed by atoms with van der Waals surface area (Å²) in [6, 6.07) is 5.85. The van der Waals surface area contributed by atoms with Crippen molar-refractivity contribution in [2.75, 3.05) is 26.7 Å². The van der Waals surface area contributed by atoms with Crippen molar-refractivity contribution in [2.24, 2.45) is 11.7 Å². The molecule has 1 heterocycles. The van der Waals surface area contributed by atoms with E-state index < -0.39 is 0 Å². The highest BCUT2D eigenvalue weighted by atomic mass is 35.5. The van der Waals surface area contributed by atoms with Gasteiger partial charge in [0.15, 0.2) is 0 Å². The van der Waals surface area contributed by atoms with Gasteiger partial charge in [0.25, 0.3) is 0 Å². The van der Waals surface area contributed by atoms with Crippen LogP contribution in [-0.2, 0) is 0 Å². The van der Waals surface area contributed by atoms with E-state index in [-0.39, 0.29) is 0 Å². The zero-order valence-electron chi connectivity index (χ0n) is 10.7. The zero-order valence-corrected chi connectivity index (χ0v) is 12.2. The molecular formula is C14H20Cl2N2. The average Bonchev–Trinajstić information content (AvgIpc) is 2.37. The lowest BCUT2D eigenvalue weighted by Gasteiger charge is -2.34. The van der Waals surface area contributed by atoms with E-state index in [1.807, 2.05) is 12.1 Å². The van der Waals surface area contributed by atoms with Crippen LogP contribution in [0.15, 0.2) is 18.2 Å². The molecule has 1 aliphatic rings. The van der Waals surface area contributed by atoms with Crippen LogP contribution in [0.25, 0.3) is 0 Å². The van der Waals surface area contributed by atoms with Gasteiger partial charge in [-0.2, -0.15) is 0 Å². The van der Waals surface area contributed by atoms with Gasteiger partial charge < -0.3 is 10.6 Å². The molecule has 0 amide bonds. The van der Waals surface area contributed by atoms with Crippen LogP contribution in [-0.4, -0.2) is 31.6 Å². The van der Waals surface area contributed by atoms with Crippen LogP contribution in [0.4, 0.5) is 0 Å². The minimum Gasteiger partial charge on any atom is -0.330 e. The number of benzene rings is 1. The van der Waals surface area contributed by atoms with E-state index in [0.717, 1.165) is 18.7 Å². The zero-order chi connectivity index (χ0) is 13.1. The second kappa shape index (κ2) is 6.25. The van der Waals surface area contributed by atoms with E-state index in [2.05, 4.69) is 18.0 Å². The highest BCUT2D eigenvalue weighted by Gasteiger charge is 2.27. The summed E-state index contributed by atoms with van der Waals surface area (Å²) in [4.78, 5) is 2.36. The summed E-state index contributed by atoms with van der Waals surface area (Å²) >= 11 is 12.4. The minimum absolute atomic E-state index is 0.324. The largest absolute Gasteiger partial charge is 0.330 e. The topological polar surface area (TPSA) is 29.3 Å². The molecule has 2 rings (SSSR count). The summed E-state index contributed by atoms with van der Waals surface area (Å²) in [5, 5.41) is 1.30. The Kier molecular flexibility index (Phi) is 4.91. The first-order chi connectivity index (χ1) is 8.63. The van der Waals surface area contributed by atoms with Crippen molar-refractivity contribution >= 4 is 23.2 Å². The quantitative estimate of drug-likeness (QED) is 0.923. The molecule has 1 saturated heterocycles. The predicted octanol–water partition coefficient (Wildman–Crippen LogP) is 3.38. The molecule has 1 aliphatic heterocycles. The Morgan fingerprint density at radius 3 is 2.61 bits per heavy atom. The summed E-state index contributed by atoms with van der Waals surface area (Å²) in [6.07, 6.45) is 2.36. The standard InChI is InChI=1S/C14H20Cl2N2/c1-18-7-5-10(6-8-18)12(9-17)11-3-2-4-13(15)14(11)16/h2-4,10,12H,5-9,17H2,1H3. The van der Waals surface area contributed by atoms with Gasteiger partial charge in [0.1, 0.15) is 0 Å². The molecule has 2 nitrogen and oxygen atoms in total. The normalized spacial score (nSPS) is 20.0. The number of hydrogen-bond donors (Lipinski definition) is 1. The number of nitrogens with zero attached hydrogens (tertiary/aromatic N) is 1. The van der Waals surface area contributed by atoms with E-state index >= 15 is 0 Å². The maximum atomic E-state index is 6.32. The van der Waals surface area contributed by atoms with Gasteiger partial charge in [-0.05, 0) is 57.1 Å². The number of halogens is 2. The third-order valence-corrected chi connectivity index (χ3v) is 4.80. The molecule has 0 radical (unpaired) electrons. The number of rotatable bonds is 3. The van der Waals surface area contributed by atoms with Gasteiger partial charge in [0.2, 0.25) is 0 Å². The van der Waals surface area contributed by atoms with Crippen LogP contribution in [0.3, 0.4) is 0 Å². The average molecular weight is 287 g/mol. The number of piperidine rings is 1. The molecule has 0 aromatic heterocycles. The number of nitrogens with two attached hydrogens (primary N) is 1. The van der Waals surface area contributed by atoms with E-state index in [1.165, 1.54) is 12.8 Å². The molecular weight excluding hydrogens is 267 g/mol. The second-order valence-corrected chi connectivity index (χ2v) is 5.91. The van der Waals surface area contributed by atoms with Gasteiger partial charge in [-0.25, -0.2) is 0 Å². The first-order valence-electron chi connectivity index (χ1n) is 6.46. The minimum atomic E-state index is 0.324. The summed E-state index contributed by atoms with van der Waals surface area (Å²) in [6.45, 7) is 2.91. The molecule has 0 spiro atoms. The van der Waals surface area contributed by atoms with Gasteiger partial charge in [-0.3, -0.25) is 0 Å². The fourth-order valence-electron chi connectivity index (χ4n) is 2.81. The van der Waals surface area contributed by atoms with Gasteiger partial charge in [-0.1, -0.05) is 35.3 Å². The van der Waals surface area contributed by atoms with E-state index in [0.29, 0.717) is 28.4 Å². The molecule has 1 aromatic rings. The third-order valence-electron chi connectivity index (χ3n) is 3.97. The Balaban J connectivity index is 2.20. The van der Waals surface area contributed by atoms with Crippen molar-refractivity contribution in [3.63, 3.8) is 0 Å². The predicted molar refractivity (Wildman–Crippen MR) is 78.5 cm³/mol. The number of hydrogen-bond acceptors (Lipinski definition) is 2. The molecule has 0 aliphatic carbocycles. The van der Waals surface area contributed by atoms with Crippen molar-refractivity contribution in [1.29, 1.82) is 0 Å². The van der Waals surface area contributed by atoms with Crippen molar-refractivity contribution in [3.05, 3.63) is 33.8 Å². The van der Waals surface area contributed by atoms with E-state index in [1.54, 1.807) is 0 Å². The lowest BCUT2D eigenvalue weighted by Crippen LogP contribution is -2.34. The molecule has 0 bridgehead atoms. The van der Waals surface area contributed by atoms with Crippen molar-refractivity contribution in [2.45, 2.75) is 18.8 Å². The van der Waals surface area contributed by atoms with E-state index in [9.17, 15) is 0 Å². The smallest absolute Gasteiger partial charge is 0.0627 e. The van der Waals surface area contributed by atoms with Crippen LogP contribution >= 0.6 is 23.2 Å². The van der Waals surface area contributed by atoms with Crippen LogP contribution in [0.5, 0.6) is 0 Å². The first kappa shape index (κ1) is 14.1. The summed E-state index contributed by atoms with van der Waals surface area (Å²) < 4.78 is 0. The Labute approximate surface area is 119 Å². The van der Waals surface area contributed by atoms with E-state index in [4.69, 9.17) is 28.9 Å². The molecule has 1 atom stereocenters. The van der Waals surface area contributed by atoms with Gasteiger partial charge in [0.05, 0.1) is 10.0 Å². The first-order valence-corrected chi connectivity index (χ1v) is 7.21. The van der Waals surface area contributed by atoms with Crippen LogP contribution < -0.4 is 5.73 Å². The fourth-order valence-corrected chi connectivity index (χ4v) is 3.26. The molecule has 2 N–H and O–H groups in total. The third kappa shape index (κ3) is 3.00. The van der Waals surface area contributed by atoms with Crippen LogP contribution in [0.2, 0.25) is 10.0 Å². The van der Waals surface area contributed by atoms with Crippen LogP contribution in [0.1, 0.15) is 24.3 Å². The van der Waals surface area contributed by atoms with Crippen molar-refractivity contribution in [1.82, 2.24) is 4.90 Å². The molecule has 1 fully saturated rings. The summed E-state index contributed by atoms with van der Waals surface area (Å²) in [7, 11) is 2.17. The molecule has 0 saturated carbocycles. The van der Waals surface area contributed by atoms with Crippen LogP contribution in [0, 0.1) is 5.92 Å². The molecule has 18 heavy (non-hydrogen) atoms. The Bertz CT molecular complexity index is 401.